The van der Waals surface area contributed by atoms with Gasteiger partial charge in [-0.2, -0.15) is 4.99 Å². The molecule has 12 heteroatoms. The lowest BCUT2D eigenvalue weighted by Gasteiger charge is -2.30. The van der Waals surface area contributed by atoms with Gasteiger partial charge in [-0.15, -0.1) is 0 Å². The molecule has 0 bridgehead atoms. The zero-order chi connectivity index (χ0) is 27.4. The lowest BCUT2D eigenvalue weighted by molar-refractivity contribution is -0.117. The Morgan fingerprint density at radius 2 is 1.87 bits per heavy atom. The monoisotopic (exact) mass is 533 g/mol. The number of rotatable bonds is 5. The van der Waals surface area contributed by atoms with Crippen LogP contribution in [0.3, 0.4) is 0 Å². The summed E-state index contributed by atoms with van der Waals surface area (Å²) in [5, 5.41) is 11.3. The quantitative estimate of drug-likeness (QED) is 0.340. The second-order valence-electron chi connectivity index (χ2n) is 8.69. The van der Waals surface area contributed by atoms with Crippen LogP contribution in [0.5, 0.6) is 0 Å². The molecule has 5 rings (SSSR count). The number of alkyl halides is 2. The summed E-state index contributed by atoms with van der Waals surface area (Å²) in [6.07, 6.45) is -3.06. The average Bonchev–Trinajstić information content (AvgIpc) is 3.09. The van der Waals surface area contributed by atoms with E-state index in [0.29, 0.717) is 49.0 Å². The van der Waals surface area contributed by atoms with E-state index < -0.39 is 30.4 Å². The fourth-order valence-corrected chi connectivity index (χ4v) is 4.27. The van der Waals surface area contributed by atoms with Gasteiger partial charge in [-0.3, -0.25) is 10.2 Å². The van der Waals surface area contributed by atoms with Crippen molar-refractivity contribution in [2.75, 3.05) is 36.5 Å². The number of fused-ring (bicyclic) bond motifs is 1. The van der Waals surface area contributed by atoms with E-state index in [0.717, 1.165) is 11.8 Å². The van der Waals surface area contributed by atoms with E-state index in [-0.39, 0.29) is 11.3 Å². The van der Waals surface area contributed by atoms with Gasteiger partial charge in [0, 0.05) is 36.0 Å². The minimum atomic E-state index is -2.73. The van der Waals surface area contributed by atoms with Crippen LogP contribution in [0.25, 0.3) is 0 Å². The molecule has 0 aliphatic carbocycles. The van der Waals surface area contributed by atoms with Crippen molar-refractivity contribution in [3.63, 3.8) is 0 Å². The first-order valence-corrected chi connectivity index (χ1v) is 12.1. The number of benzene rings is 2. The van der Waals surface area contributed by atoms with Gasteiger partial charge in [0.05, 0.1) is 30.3 Å². The number of hydrogen-bond donors (Lipinski definition) is 3. The lowest BCUT2D eigenvalue weighted by atomic mass is 10.0. The summed E-state index contributed by atoms with van der Waals surface area (Å²) in [7, 11) is 0. The Morgan fingerprint density at radius 1 is 1.15 bits per heavy atom. The Labute approximate surface area is 222 Å². The number of pyridine rings is 1. The highest BCUT2D eigenvalue weighted by atomic mass is 19.3. The van der Waals surface area contributed by atoms with Crippen LogP contribution in [-0.2, 0) is 14.3 Å². The minimum absolute atomic E-state index is 0.00523. The maximum atomic E-state index is 13.4. The number of nitrogens with two attached hydrogens (primary N) is 1. The normalized spacial score (nSPS) is 17.7. The van der Waals surface area contributed by atoms with Gasteiger partial charge in [0.2, 0.25) is 12.1 Å². The number of para-hydroxylation sites is 1. The Bertz CT molecular complexity index is 1440. The number of carbonyl (C=O) groups excluding carboxylic acids is 1. The van der Waals surface area contributed by atoms with Gasteiger partial charge < -0.3 is 25.4 Å². The molecule has 1 saturated heterocycles. The molecule has 1 amide bonds. The number of aromatic nitrogens is 1. The third kappa shape index (κ3) is 5.75. The van der Waals surface area contributed by atoms with Gasteiger partial charge >= 0.3 is 0 Å². The smallest absolute Gasteiger partial charge is 0.291 e. The number of halogens is 2. The van der Waals surface area contributed by atoms with Crippen LogP contribution < -0.4 is 16.0 Å². The number of ether oxygens (including phenoxy) is 2. The van der Waals surface area contributed by atoms with Gasteiger partial charge in [-0.25, -0.2) is 18.8 Å². The number of amides is 1. The molecule has 3 aromatic rings. The highest BCUT2D eigenvalue weighted by Gasteiger charge is 2.27. The third-order valence-corrected chi connectivity index (χ3v) is 6.14. The maximum absolute atomic E-state index is 13.4. The van der Waals surface area contributed by atoms with E-state index in [1.54, 1.807) is 17.0 Å². The fraction of sp³-hybridized carbons (Fsp3) is 0.222. The second-order valence-corrected chi connectivity index (χ2v) is 8.69. The summed E-state index contributed by atoms with van der Waals surface area (Å²) in [4.78, 5) is 27.6. The number of anilines is 2. The lowest BCUT2D eigenvalue weighted by Crippen LogP contribution is -2.38. The molecule has 0 radical (unpaired) electrons. The number of aliphatic imine (C=N–C) groups is 2. The molecule has 2 aliphatic rings. The van der Waals surface area contributed by atoms with Crippen LogP contribution in [0.1, 0.15) is 28.8 Å². The van der Waals surface area contributed by atoms with Gasteiger partial charge in [-0.1, -0.05) is 48.5 Å². The van der Waals surface area contributed by atoms with Crippen molar-refractivity contribution in [2.45, 2.75) is 12.6 Å². The Morgan fingerprint density at radius 3 is 2.62 bits per heavy atom. The van der Waals surface area contributed by atoms with E-state index in [1.165, 1.54) is 6.07 Å². The zero-order valence-electron chi connectivity index (χ0n) is 20.7. The second kappa shape index (κ2) is 11.4. The zero-order valence-corrected chi connectivity index (χ0v) is 20.7. The molecular weight excluding hydrogens is 508 g/mol. The molecule has 39 heavy (non-hydrogen) atoms. The molecule has 1 aromatic heterocycles. The number of amidine groups is 1. The van der Waals surface area contributed by atoms with Crippen LogP contribution in [0.15, 0.2) is 76.8 Å². The van der Waals surface area contributed by atoms with E-state index in [1.807, 2.05) is 42.5 Å². The van der Waals surface area contributed by atoms with Crippen LogP contribution in [0, 0.1) is 5.41 Å². The minimum Gasteiger partial charge on any atom is -0.405 e. The summed E-state index contributed by atoms with van der Waals surface area (Å²) in [6, 6.07) is 17.3. The van der Waals surface area contributed by atoms with E-state index in [4.69, 9.17) is 20.6 Å². The van der Waals surface area contributed by atoms with E-state index in [9.17, 15) is 13.6 Å². The van der Waals surface area contributed by atoms with Crippen LogP contribution >= 0.6 is 0 Å². The molecule has 3 heterocycles. The molecule has 1 atom stereocenters. The molecule has 0 saturated carbocycles. The molecule has 2 aromatic carbocycles. The van der Waals surface area contributed by atoms with Crippen LogP contribution in [0.2, 0.25) is 0 Å². The summed E-state index contributed by atoms with van der Waals surface area (Å²) in [5.74, 6) is -1.05. The maximum Gasteiger partial charge on any atom is 0.291 e. The van der Waals surface area contributed by atoms with E-state index >= 15 is 0 Å². The fourth-order valence-electron chi connectivity index (χ4n) is 4.27. The third-order valence-electron chi connectivity index (χ3n) is 6.14. The van der Waals surface area contributed by atoms with Crippen molar-refractivity contribution in [2.24, 2.45) is 15.7 Å². The number of carbonyl (C=O) groups is 1. The molecule has 1 fully saturated rings. The van der Waals surface area contributed by atoms with Crippen LogP contribution in [-0.4, -0.2) is 61.0 Å². The first kappa shape index (κ1) is 25.9. The number of benzodiazepines with no additional fused rings is 1. The summed E-state index contributed by atoms with van der Waals surface area (Å²) in [5.41, 5.74) is 8.59. The molecular formula is C27H25F2N7O3. The summed E-state index contributed by atoms with van der Waals surface area (Å²) >= 11 is 0. The Hall–Kier alpha value is -4.71. The molecule has 0 spiro atoms. The molecule has 200 valence electrons. The summed E-state index contributed by atoms with van der Waals surface area (Å²) in [6.45, 7) is 1.66. The standard InChI is InChI=1S/C27H25F2N7O3/c28-23(29)17-14-20(36-10-12-38-13-11-36)22(32-15-17)24(30)39-27(31)35-25-26(37)33-19-9-5-4-8-18(19)21(34-25)16-6-2-1-3-7-16/h1-9,14-15,23,25,30H,10-13H2,(H2,31,35)(H,33,37)/t25-/m1/s1. The van der Waals surface area contributed by atoms with Gasteiger partial charge in [0.15, 0.2) is 0 Å². The van der Waals surface area contributed by atoms with Crippen molar-refractivity contribution in [1.82, 2.24) is 4.98 Å². The molecule has 2 aliphatic heterocycles. The predicted molar refractivity (Wildman–Crippen MR) is 143 cm³/mol. The Balaban J connectivity index is 1.44. The van der Waals surface area contributed by atoms with Crippen LogP contribution in [0.4, 0.5) is 20.2 Å². The first-order valence-electron chi connectivity index (χ1n) is 12.1. The SMILES string of the molecule is N=C(OC(N)=N[C@H]1N=C(c2ccccc2)c2ccccc2NC1=O)c1ncc(C(F)F)cc1N1CCOCC1. The average molecular weight is 534 g/mol. The van der Waals surface area contributed by atoms with Gasteiger partial charge in [0.25, 0.3) is 18.4 Å². The van der Waals surface area contributed by atoms with Gasteiger partial charge in [0.1, 0.15) is 5.69 Å². The topological polar surface area (TPSA) is 138 Å². The predicted octanol–water partition coefficient (Wildman–Crippen LogP) is 3.33. The van der Waals surface area contributed by atoms with Crippen molar-refractivity contribution in [1.29, 1.82) is 5.41 Å². The number of morpholine rings is 1. The van der Waals surface area contributed by atoms with Crippen molar-refractivity contribution >= 4 is 34.9 Å². The molecule has 0 unspecified atom stereocenters. The number of hydrogen-bond acceptors (Lipinski definition) is 8. The highest BCUT2D eigenvalue weighted by molar-refractivity contribution is 6.19. The Kier molecular flexibility index (Phi) is 7.55. The van der Waals surface area contributed by atoms with E-state index in [2.05, 4.69) is 20.3 Å². The number of nitrogens with one attached hydrogen (secondary N) is 2. The largest absolute Gasteiger partial charge is 0.405 e. The highest BCUT2D eigenvalue weighted by Crippen LogP contribution is 2.28. The van der Waals surface area contributed by atoms with Gasteiger partial charge in [-0.05, 0) is 12.1 Å². The first-order chi connectivity index (χ1) is 18.9. The molecule has 4 N–H and O–H groups in total. The van der Waals surface area contributed by atoms with Crippen molar-refractivity contribution < 1.29 is 23.0 Å². The van der Waals surface area contributed by atoms with Crippen molar-refractivity contribution in [3.8, 4) is 0 Å². The van der Waals surface area contributed by atoms with Crippen molar-refractivity contribution in [3.05, 3.63) is 89.2 Å². The number of nitrogens with zero attached hydrogens (tertiary/aromatic N) is 4. The molecule has 10 nitrogen and oxygen atoms in total. The summed E-state index contributed by atoms with van der Waals surface area (Å²) < 4.78 is 37.5.